The fourth-order valence-corrected chi connectivity index (χ4v) is 3.23. The van der Waals surface area contributed by atoms with Gasteiger partial charge in [-0.05, 0) is 35.9 Å². The molecular formula is C16H15BrO4S. The van der Waals surface area contributed by atoms with Crippen LogP contribution in [-0.2, 0) is 5.75 Å². The second-order valence-electron chi connectivity index (χ2n) is 4.41. The molecule has 116 valence electrons. The lowest BCUT2D eigenvalue weighted by Crippen LogP contribution is -2.01. The average Bonchev–Trinajstić information content (AvgIpc) is 2.53. The van der Waals surface area contributed by atoms with E-state index in [2.05, 4.69) is 15.9 Å². The van der Waals surface area contributed by atoms with Crippen molar-refractivity contribution in [2.24, 2.45) is 0 Å². The van der Waals surface area contributed by atoms with Gasteiger partial charge in [-0.2, -0.15) is 0 Å². The van der Waals surface area contributed by atoms with Gasteiger partial charge in [0.2, 0.25) is 0 Å². The predicted molar refractivity (Wildman–Crippen MR) is 90.2 cm³/mol. The molecular weight excluding hydrogens is 368 g/mol. The Morgan fingerprint density at radius 1 is 1.14 bits per heavy atom. The van der Waals surface area contributed by atoms with E-state index in [1.54, 1.807) is 32.0 Å². The van der Waals surface area contributed by atoms with Crippen LogP contribution in [0.1, 0.15) is 15.9 Å². The van der Waals surface area contributed by atoms with E-state index in [1.165, 1.54) is 0 Å². The number of hydrogen-bond acceptors (Lipinski definition) is 4. The molecule has 0 fully saturated rings. The van der Waals surface area contributed by atoms with Crippen molar-refractivity contribution in [3.63, 3.8) is 0 Å². The SMILES string of the molecule is COc1ccc(SCc2ccc(Br)cc2C(=O)O)cc1OC. The molecule has 0 saturated carbocycles. The normalized spacial score (nSPS) is 10.3. The fourth-order valence-electron chi connectivity index (χ4n) is 1.94. The number of halogens is 1. The zero-order chi connectivity index (χ0) is 16.1. The average molecular weight is 383 g/mol. The van der Waals surface area contributed by atoms with Crippen molar-refractivity contribution in [1.82, 2.24) is 0 Å². The van der Waals surface area contributed by atoms with Crippen molar-refractivity contribution in [2.75, 3.05) is 14.2 Å². The molecule has 2 rings (SSSR count). The molecule has 22 heavy (non-hydrogen) atoms. The molecule has 0 atom stereocenters. The van der Waals surface area contributed by atoms with Crippen LogP contribution in [-0.4, -0.2) is 25.3 Å². The Kier molecular flexibility index (Phi) is 5.74. The summed E-state index contributed by atoms with van der Waals surface area (Å²) in [6.07, 6.45) is 0. The number of rotatable bonds is 6. The van der Waals surface area contributed by atoms with Crippen molar-refractivity contribution in [3.05, 3.63) is 52.0 Å². The smallest absolute Gasteiger partial charge is 0.336 e. The van der Waals surface area contributed by atoms with Gasteiger partial charge in [-0.15, -0.1) is 11.8 Å². The maximum absolute atomic E-state index is 11.3. The largest absolute Gasteiger partial charge is 0.493 e. The monoisotopic (exact) mass is 382 g/mol. The number of carboxylic acids is 1. The summed E-state index contributed by atoms with van der Waals surface area (Å²) in [6.45, 7) is 0. The molecule has 0 heterocycles. The third-order valence-electron chi connectivity index (χ3n) is 3.05. The highest BCUT2D eigenvalue weighted by atomic mass is 79.9. The molecule has 4 nitrogen and oxygen atoms in total. The van der Waals surface area contributed by atoms with Gasteiger partial charge in [0.1, 0.15) is 0 Å². The van der Waals surface area contributed by atoms with E-state index in [0.29, 0.717) is 22.8 Å². The minimum Gasteiger partial charge on any atom is -0.493 e. The van der Waals surface area contributed by atoms with Crippen molar-refractivity contribution in [3.8, 4) is 11.5 Å². The summed E-state index contributed by atoms with van der Waals surface area (Å²) in [7, 11) is 3.18. The lowest BCUT2D eigenvalue weighted by molar-refractivity contribution is 0.0696. The first kappa shape index (κ1) is 16.7. The molecule has 0 aliphatic rings. The highest BCUT2D eigenvalue weighted by Gasteiger charge is 2.12. The Balaban J connectivity index is 2.18. The van der Waals surface area contributed by atoms with Crippen LogP contribution in [0.3, 0.4) is 0 Å². The third-order valence-corrected chi connectivity index (χ3v) is 4.59. The van der Waals surface area contributed by atoms with Crippen LogP contribution in [0.4, 0.5) is 0 Å². The summed E-state index contributed by atoms with van der Waals surface area (Å²) < 4.78 is 11.2. The fraction of sp³-hybridized carbons (Fsp3) is 0.188. The second-order valence-corrected chi connectivity index (χ2v) is 6.38. The van der Waals surface area contributed by atoms with Crippen LogP contribution in [0.25, 0.3) is 0 Å². The van der Waals surface area contributed by atoms with Gasteiger partial charge in [0, 0.05) is 15.1 Å². The number of aromatic carboxylic acids is 1. The molecule has 2 aromatic carbocycles. The first-order chi connectivity index (χ1) is 10.5. The van der Waals surface area contributed by atoms with Crippen LogP contribution in [0.5, 0.6) is 11.5 Å². The molecule has 6 heteroatoms. The zero-order valence-corrected chi connectivity index (χ0v) is 14.5. The molecule has 0 aromatic heterocycles. The second kappa shape index (κ2) is 7.56. The van der Waals surface area contributed by atoms with E-state index < -0.39 is 5.97 Å². The van der Waals surface area contributed by atoms with Crippen LogP contribution >= 0.6 is 27.7 Å². The molecule has 0 bridgehead atoms. The Bertz CT molecular complexity index is 688. The van der Waals surface area contributed by atoms with E-state index >= 15 is 0 Å². The molecule has 2 aromatic rings. The Hall–Kier alpha value is -1.66. The van der Waals surface area contributed by atoms with Gasteiger partial charge < -0.3 is 14.6 Å². The summed E-state index contributed by atoms with van der Waals surface area (Å²) >= 11 is 4.84. The van der Waals surface area contributed by atoms with Gasteiger partial charge in [-0.25, -0.2) is 4.79 Å². The molecule has 0 amide bonds. The van der Waals surface area contributed by atoms with Crippen LogP contribution in [0.15, 0.2) is 45.8 Å². The van der Waals surface area contributed by atoms with Gasteiger partial charge in [-0.3, -0.25) is 0 Å². The van der Waals surface area contributed by atoms with Gasteiger partial charge >= 0.3 is 5.97 Å². The van der Waals surface area contributed by atoms with Crippen LogP contribution in [0, 0.1) is 0 Å². The van der Waals surface area contributed by atoms with Crippen molar-refractivity contribution in [1.29, 1.82) is 0 Å². The highest BCUT2D eigenvalue weighted by molar-refractivity contribution is 9.10. The number of methoxy groups -OCH3 is 2. The summed E-state index contributed by atoms with van der Waals surface area (Å²) in [4.78, 5) is 12.3. The molecule has 0 radical (unpaired) electrons. The molecule has 0 aliphatic heterocycles. The lowest BCUT2D eigenvalue weighted by Gasteiger charge is -2.10. The van der Waals surface area contributed by atoms with Gasteiger partial charge in [0.05, 0.1) is 19.8 Å². The van der Waals surface area contributed by atoms with Crippen molar-refractivity contribution >= 4 is 33.7 Å². The molecule has 0 unspecified atom stereocenters. The minimum atomic E-state index is -0.927. The van der Waals surface area contributed by atoms with E-state index in [4.69, 9.17) is 9.47 Å². The molecule has 1 N–H and O–H groups in total. The summed E-state index contributed by atoms with van der Waals surface area (Å²) in [6, 6.07) is 10.9. The molecule has 0 spiro atoms. The molecule has 0 saturated heterocycles. The first-order valence-corrected chi connectivity index (χ1v) is 8.19. The molecule has 0 aliphatic carbocycles. The number of benzene rings is 2. The Morgan fingerprint density at radius 2 is 1.86 bits per heavy atom. The third kappa shape index (κ3) is 3.96. The van der Waals surface area contributed by atoms with Crippen molar-refractivity contribution in [2.45, 2.75) is 10.6 Å². The summed E-state index contributed by atoms with van der Waals surface area (Å²) in [5.41, 5.74) is 1.08. The Morgan fingerprint density at radius 3 is 2.50 bits per heavy atom. The summed E-state index contributed by atoms with van der Waals surface area (Å²) in [5.74, 6) is 0.956. The predicted octanol–water partition coefficient (Wildman–Crippen LogP) is 4.46. The van der Waals surface area contributed by atoms with Gasteiger partial charge in [0.15, 0.2) is 11.5 Å². The maximum atomic E-state index is 11.3. The topological polar surface area (TPSA) is 55.8 Å². The number of hydrogen-bond donors (Lipinski definition) is 1. The van der Waals surface area contributed by atoms with E-state index in [0.717, 1.165) is 14.9 Å². The maximum Gasteiger partial charge on any atom is 0.336 e. The Labute approximate surface area is 141 Å². The van der Waals surface area contributed by atoms with Gasteiger partial charge in [0.25, 0.3) is 0 Å². The van der Waals surface area contributed by atoms with Crippen LogP contribution in [0.2, 0.25) is 0 Å². The lowest BCUT2D eigenvalue weighted by atomic mass is 10.1. The highest BCUT2D eigenvalue weighted by Crippen LogP contribution is 2.33. The van der Waals surface area contributed by atoms with E-state index in [-0.39, 0.29) is 0 Å². The quantitative estimate of drug-likeness (QED) is 0.747. The number of carboxylic acid groups (broad SMARTS) is 1. The summed E-state index contributed by atoms with van der Waals surface area (Å²) in [5, 5.41) is 9.27. The first-order valence-electron chi connectivity index (χ1n) is 6.41. The standard InChI is InChI=1S/C16H15BrO4S/c1-20-14-6-5-12(8-15(14)21-2)22-9-10-3-4-11(17)7-13(10)16(18)19/h3-8H,9H2,1-2H3,(H,18,19). The van der Waals surface area contributed by atoms with Crippen LogP contribution < -0.4 is 9.47 Å². The van der Waals surface area contributed by atoms with Gasteiger partial charge in [-0.1, -0.05) is 22.0 Å². The minimum absolute atomic E-state index is 0.308. The number of ether oxygens (including phenoxy) is 2. The number of thioether (sulfide) groups is 1. The van der Waals surface area contributed by atoms with E-state index in [9.17, 15) is 9.90 Å². The van der Waals surface area contributed by atoms with E-state index in [1.807, 2.05) is 30.3 Å². The van der Waals surface area contributed by atoms with Crippen molar-refractivity contribution < 1.29 is 19.4 Å². The number of carbonyl (C=O) groups is 1. The zero-order valence-electron chi connectivity index (χ0n) is 12.1.